The lowest BCUT2D eigenvalue weighted by molar-refractivity contribution is 1.44. The van der Waals surface area contributed by atoms with Crippen LogP contribution in [-0.4, -0.2) is 57.8 Å². The summed E-state index contributed by atoms with van der Waals surface area (Å²) < 4.78 is 0. The maximum Gasteiger partial charge on any atom is 0.0314 e. The van der Waals surface area contributed by atoms with Gasteiger partial charge in [0, 0.05) is 57.8 Å². The lowest BCUT2D eigenvalue weighted by Crippen LogP contribution is -1.93. The third-order valence-electron chi connectivity index (χ3n) is 1.56. The van der Waals surface area contributed by atoms with E-state index in [1.807, 2.05) is 23.5 Å². The molecule has 0 aromatic rings. The number of halogens is 2. The van der Waals surface area contributed by atoms with Crippen LogP contribution in [0.25, 0.3) is 0 Å². The summed E-state index contributed by atoms with van der Waals surface area (Å²) in [6.07, 6.45) is 0. The van der Waals surface area contributed by atoms with Gasteiger partial charge in [-0.3, -0.25) is 0 Å². The Morgan fingerprint density at radius 2 is 0.688 bits per heavy atom. The van der Waals surface area contributed by atoms with Gasteiger partial charge in [-0.15, -0.1) is 23.2 Å². The van der Waals surface area contributed by atoms with Gasteiger partial charge in [-0.05, 0) is 0 Å². The van der Waals surface area contributed by atoms with Crippen LogP contribution in [0, 0.1) is 0 Å². The minimum atomic E-state index is 0.783. The molecule has 16 heavy (non-hydrogen) atoms. The van der Waals surface area contributed by atoms with Crippen molar-refractivity contribution in [2.24, 2.45) is 0 Å². The van der Waals surface area contributed by atoms with Crippen molar-refractivity contribution in [2.75, 3.05) is 57.8 Å². The van der Waals surface area contributed by atoms with Crippen molar-refractivity contribution >= 4 is 70.2 Å². The SMILES string of the molecule is ClCCSCCSCCSCCSCCCl. The van der Waals surface area contributed by atoms with E-state index >= 15 is 0 Å². The zero-order chi connectivity index (χ0) is 11.9. The first-order valence-corrected chi connectivity index (χ1v) is 11.0. The minimum absolute atomic E-state index is 0.783. The molecule has 0 aliphatic heterocycles. The first-order chi connectivity index (χ1) is 7.91. The van der Waals surface area contributed by atoms with Gasteiger partial charge in [-0.2, -0.15) is 47.0 Å². The van der Waals surface area contributed by atoms with Crippen molar-refractivity contribution in [1.82, 2.24) is 0 Å². The Morgan fingerprint density at radius 3 is 0.938 bits per heavy atom. The first-order valence-electron chi connectivity index (χ1n) is 5.34. The summed E-state index contributed by atoms with van der Waals surface area (Å²) in [5, 5.41) is 0. The van der Waals surface area contributed by atoms with Gasteiger partial charge in [-0.1, -0.05) is 0 Å². The molecular formula is C10H20Cl2S4. The summed E-state index contributed by atoms with van der Waals surface area (Å²) in [5.74, 6) is 11.3. The highest BCUT2D eigenvalue weighted by atomic mass is 35.5. The van der Waals surface area contributed by atoms with Crippen LogP contribution >= 0.6 is 70.2 Å². The Kier molecular flexibility index (Phi) is 19.1. The fourth-order valence-electron chi connectivity index (χ4n) is 0.871. The molecule has 0 nitrogen and oxygen atoms in total. The predicted molar refractivity (Wildman–Crippen MR) is 90.7 cm³/mol. The van der Waals surface area contributed by atoms with Gasteiger partial charge in [0.1, 0.15) is 0 Å². The molecule has 0 spiro atoms. The van der Waals surface area contributed by atoms with Crippen LogP contribution in [0.3, 0.4) is 0 Å². The fraction of sp³-hybridized carbons (Fsp3) is 1.00. The number of hydrogen-bond acceptors (Lipinski definition) is 4. The standard InChI is InChI=1S/C10H20Cl2S4/c11-1-3-13-5-7-15-9-10-16-8-6-14-4-2-12/h1-10H2. The topological polar surface area (TPSA) is 0 Å². The summed E-state index contributed by atoms with van der Waals surface area (Å²) in [7, 11) is 0. The Balaban J connectivity index is 2.83. The van der Waals surface area contributed by atoms with Crippen LogP contribution in [0.15, 0.2) is 0 Å². The van der Waals surface area contributed by atoms with Gasteiger partial charge in [-0.25, -0.2) is 0 Å². The third kappa shape index (κ3) is 16.0. The van der Waals surface area contributed by atoms with Gasteiger partial charge in [0.15, 0.2) is 0 Å². The Labute approximate surface area is 127 Å². The van der Waals surface area contributed by atoms with Crippen LogP contribution in [-0.2, 0) is 0 Å². The quantitative estimate of drug-likeness (QED) is 0.360. The van der Waals surface area contributed by atoms with E-state index in [1.165, 1.54) is 34.5 Å². The van der Waals surface area contributed by atoms with Crippen LogP contribution < -0.4 is 0 Å². The van der Waals surface area contributed by atoms with Crippen LogP contribution in [0.1, 0.15) is 0 Å². The van der Waals surface area contributed by atoms with Crippen molar-refractivity contribution < 1.29 is 0 Å². The summed E-state index contributed by atoms with van der Waals surface area (Å²) in [6.45, 7) is 0. The fourth-order valence-corrected chi connectivity index (χ4v) is 5.39. The summed E-state index contributed by atoms with van der Waals surface area (Å²) in [4.78, 5) is 0. The molecule has 0 saturated heterocycles. The predicted octanol–water partition coefficient (Wildman–Crippen LogP) is 4.40. The molecule has 0 radical (unpaired) electrons. The third-order valence-corrected chi connectivity index (χ3v) is 7.10. The minimum Gasteiger partial charge on any atom is -0.160 e. The van der Waals surface area contributed by atoms with E-state index in [2.05, 4.69) is 23.5 Å². The van der Waals surface area contributed by atoms with Gasteiger partial charge in [0.05, 0.1) is 0 Å². The average Bonchev–Trinajstić information content (AvgIpc) is 2.31. The maximum absolute atomic E-state index is 5.59. The highest BCUT2D eigenvalue weighted by Gasteiger charge is 1.93. The van der Waals surface area contributed by atoms with Crippen molar-refractivity contribution in [3.8, 4) is 0 Å². The Hall–Kier alpha value is 1.98. The summed E-state index contributed by atoms with van der Waals surface area (Å²) in [6, 6.07) is 0. The zero-order valence-electron chi connectivity index (χ0n) is 9.46. The van der Waals surface area contributed by atoms with E-state index in [0.29, 0.717) is 0 Å². The molecule has 0 amide bonds. The molecule has 0 atom stereocenters. The normalized spacial score (nSPS) is 10.9. The molecule has 0 fully saturated rings. The van der Waals surface area contributed by atoms with E-state index in [0.717, 1.165) is 23.3 Å². The number of hydrogen-bond donors (Lipinski definition) is 0. The van der Waals surface area contributed by atoms with E-state index in [9.17, 15) is 0 Å². The maximum atomic E-state index is 5.59. The molecule has 0 N–H and O–H groups in total. The molecule has 0 heterocycles. The average molecular weight is 339 g/mol. The van der Waals surface area contributed by atoms with E-state index in [1.54, 1.807) is 0 Å². The molecule has 0 saturated carbocycles. The lowest BCUT2D eigenvalue weighted by atomic mass is 10.9. The van der Waals surface area contributed by atoms with Crippen molar-refractivity contribution in [1.29, 1.82) is 0 Å². The molecule has 6 heteroatoms. The number of alkyl halides is 2. The largest absolute Gasteiger partial charge is 0.160 e. The molecule has 0 aliphatic carbocycles. The lowest BCUT2D eigenvalue weighted by Gasteiger charge is -2.02. The van der Waals surface area contributed by atoms with Crippen molar-refractivity contribution in [3.05, 3.63) is 0 Å². The second kappa shape index (κ2) is 17.0. The molecule has 0 bridgehead atoms. The molecule has 0 unspecified atom stereocenters. The molecule has 0 rings (SSSR count). The molecule has 0 aromatic heterocycles. The second-order valence-corrected chi connectivity index (χ2v) is 8.48. The summed E-state index contributed by atoms with van der Waals surface area (Å²) in [5.41, 5.74) is 0. The van der Waals surface area contributed by atoms with Crippen molar-refractivity contribution in [2.45, 2.75) is 0 Å². The second-order valence-electron chi connectivity index (χ2n) is 2.83. The molecule has 98 valence electrons. The Bertz CT molecular complexity index is 113. The number of rotatable bonds is 13. The molecular weight excluding hydrogens is 319 g/mol. The van der Waals surface area contributed by atoms with Gasteiger partial charge in [0.2, 0.25) is 0 Å². The number of thioether (sulfide) groups is 4. The van der Waals surface area contributed by atoms with E-state index in [4.69, 9.17) is 23.2 Å². The molecule has 0 aliphatic rings. The van der Waals surface area contributed by atoms with Crippen LogP contribution in [0.5, 0.6) is 0 Å². The zero-order valence-corrected chi connectivity index (χ0v) is 14.2. The van der Waals surface area contributed by atoms with Crippen molar-refractivity contribution in [3.63, 3.8) is 0 Å². The molecule has 0 aromatic carbocycles. The highest BCUT2D eigenvalue weighted by Crippen LogP contribution is 2.12. The van der Waals surface area contributed by atoms with E-state index < -0.39 is 0 Å². The van der Waals surface area contributed by atoms with E-state index in [-0.39, 0.29) is 0 Å². The monoisotopic (exact) mass is 338 g/mol. The van der Waals surface area contributed by atoms with Crippen LogP contribution in [0.4, 0.5) is 0 Å². The summed E-state index contributed by atoms with van der Waals surface area (Å²) >= 11 is 19.2. The Morgan fingerprint density at radius 1 is 0.438 bits per heavy atom. The highest BCUT2D eigenvalue weighted by molar-refractivity contribution is 8.05. The smallest absolute Gasteiger partial charge is 0.0314 e. The first kappa shape index (κ1) is 18.0. The van der Waals surface area contributed by atoms with Gasteiger partial charge in [0.25, 0.3) is 0 Å². The van der Waals surface area contributed by atoms with Gasteiger partial charge < -0.3 is 0 Å². The van der Waals surface area contributed by atoms with Gasteiger partial charge >= 0.3 is 0 Å². The van der Waals surface area contributed by atoms with Crippen LogP contribution in [0.2, 0.25) is 0 Å².